The van der Waals surface area contributed by atoms with Crippen LogP contribution in [-0.4, -0.2) is 79.7 Å². The molecule has 2 aliphatic heterocycles. The number of benzene rings is 1. The molecule has 2 N–H and O–H groups in total. The molecule has 3 amide bonds. The van der Waals surface area contributed by atoms with E-state index in [1.807, 2.05) is 65.8 Å². The number of nitrogens with one attached hydrogen (secondary N) is 2. The van der Waals surface area contributed by atoms with Gasteiger partial charge in [-0.05, 0) is 91.0 Å². The van der Waals surface area contributed by atoms with Crippen LogP contribution < -0.4 is 5.32 Å². The predicted molar refractivity (Wildman–Crippen MR) is 170 cm³/mol. The second-order valence-electron chi connectivity index (χ2n) is 13.7. The number of aromatic amines is 1. The Bertz CT molecular complexity index is 1500. The summed E-state index contributed by atoms with van der Waals surface area (Å²) in [6.07, 6.45) is 6.29. The lowest BCUT2D eigenvalue weighted by Gasteiger charge is -2.28. The Labute approximate surface area is 264 Å². The van der Waals surface area contributed by atoms with Gasteiger partial charge in [-0.15, -0.1) is 0 Å². The Morgan fingerprint density at radius 2 is 1.44 bits per heavy atom. The summed E-state index contributed by atoms with van der Waals surface area (Å²) in [5, 5.41) is 2.98. The lowest BCUT2D eigenvalue weighted by molar-refractivity contribution is 0.0211. The molecule has 4 heterocycles. The van der Waals surface area contributed by atoms with E-state index in [4.69, 9.17) is 9.47 Å². The predicted octanol–water partition coefficient (Wildman–Crippen LogP) is 6.34. The number of imidazole rings is 1. The van der Waals surface area contributed by atoms with Crippen molar-refractivity contribution in [2.45, 2.75) is 90.5 Å². The van der Waals surface area contributed by atoms with Gasteiger partial charge < -0.3 is 24.7 Å². The highest BCUT2D eigenvalue weighted by molar-refractivity contribution is 5.94. The third kappa shape index (κ3) is 8.01. The molecule has 240 valence electrons. The highest BCUT2D eigenvalue weighted by Crippen LogP contribution is 2.33. The summed E-state index contributed by atoms with van der Waals surface area (Å²) in [5.41, 5.74) is 2.78. The van der Waals surface area contributed by atoms with Crippen molar-refractivity contribution < 1.29 is 23.9 Å². The fourth-order valence-electron chi connectivity index (χ4n) is 5.69. The number of hydrogen-bond acceptors (Lipinski definition) is 7. The number of aromatic nitrogens is 3. The van der Waals surface area contributed by atoms with Gasteiger partial charge in [-0.2, -0.15) is 0 Å². The Morgan fingerprint density at radius 1 is 0.822 bits per heavy atom. The molecule has 2 aromatic heterocycles. The summed E-state index contributed by atoms with van der Waals surface area (Å²) in [7, 11) is 0. The first kappa shape index (κ1) is 32.0. The van der Waals surface area contributed by atoms with Crippen LogP contribution >= 0.6 is 0 Å². The zero-order chi connectivity index (χ0) is 32.4. The van der Waals surface area contributed by atoms with E-state index >= 15 is 0 Å². The van der Waals surface area contributed by atoms with Crippen LogP contribution in [0.2, 0.25) is 0 Å². The zero-order valence-electron chi connectivity index (χ0n) is 27.1. The number of ether oxygens (including phenoxy) is 2. The van der Waals surface area contributed by atoms with Gasteiger partial charge in [-0.1, -0.05) is 18.2 Å². The van der Waals surface area contributed by atoms with Crippen LogP contribution in [-0.2, 0) is 9.47 Å². The lowest BCUT2D eigenvalue weighted by atomic mass is 10.0. The highest BCUT2D eigenvalue weighted by atomic mass is 16.6. The summed E-state index contributed by atoms with van der Waals surface area (Å²) in [6, 6.07) is 11.0. The van der Waals surface area contributed by atoms with E-state index in [-0.39, 0.29) is 30.2 Å². The third-order valence-corrected chi connectivity index (χ3v) is 7.82. The topological polar surface area (TPSA) is 130 Å². The van der Waals surface area contributed by atoms with Gasteiger partial charge in [-0.3, -0.25) is 14.7 Å². The van der Waals surface area contributed by atoms with Crippen LogP contribution in [0.1, 0.15) is 89.4 Å². The zero-order valence-corrected chi connectivity index (χ0v) is 27.1. The van der Waals surface area contributed by atoms with E-state index in [2.05, 4.69) is 20.3 Å². The van der Waals surface area contributed by atoms with E-state index in [9.17, 15) is 14.4 Å². The minimum Gasteiger partial charge on any atom is -0.444 e. The van der Waals surface area contributed by atoms with Gasteiger partial charge in [0.2, 0.25) is 0 Å². The van der Waals surface area contributed by atoms with Crippen molar-refractivity contribution in [3.8, 4) is 22.5 Å². The number of H-pyrrole nitrogens is 1. The summed E-state index contributed by atoms with van der Waals surface area (Å²) in [6.45, 7) is 12.8. The van der Waals surface area contributed by atoms with E-state index in [0.717, 1.165) is 54.0 Å². The highest BCUT2D eigenvalue weighted by Gasteiger charge is 2.35. The smallest absolute Gasteiger partial charge is 0.410 e. The first-order valence-electron chi connectivity index (χ1n) is 15.7. The van der Waals surface area contributed by atoms with E-state index < -0.39 is 11.2 Å². The van der Waals surface area contributed by atoms with Crippen molar-refractivity contribution >= 4 is 18.1 Å². The Hall–Kier alpha value is -4.41. The monoisotopic (exact) mass is 616 g/mol. The standard InChI is InChI=1S/C34H44N6O5/c1-33(2,3)44-31(42)39-17-7-9-25(39)20-37-30(41)23-13-11-22(12-14-23)24-15-16-26(35-19-24)27-21-36-29(38-27)28-10-8-18-40(28)32(43)45-34(4,5)6/h11-16,19,21,25,28H,7-10,17-18,20H2,1-6H3,(H,36,38)(H,37,41). The summed E-state index contributed by atoms with van der Waals surface area (Å²) in [4.78, 5) is 54.2. The summed E-state index contributed by atoms with van der Waals surface area (Å²) < 4.78 is 11.1. The van der Waals surface area contributed by atoms with Gasteiger partial charge in [0.1, 0.15) is 17.0 Å². The quantitative estimate of drug-likeness (QED) is 0.331. The number of rotatable bonds is 6. The minimum absolute atomic E-state index is 0.0827. The molecule has 45 heavy (non-hydrogen) atoms. The number of hydrogen-bond donors (Lipinski definition) is 2. The average Bonchev–Trinajstić information content (AvgIpc) is 3.75. The molecule has 2 fully saturated rings. The van der Waals surface area contributed by atoms with Crippen LogP contribution in [0.15, 0.2) is 48.8 Å². The second kappa shape index (κ2) is 12.9. The first-order chi connectivity index (χ1) is 21.3. The number of amides is 3. The van der Waals surface area contributed by atoms with E-state index in [1.54, 1.807) is 34.3 Å². The van der Waals surface area contributed by atoms with Crippen molar-refractivity contribution in [3.05, 3.63) is 60.2 Å². The minimum atomic E-state index is -0.560. The fraction of sp³-hybridized carbons (Fsp3) is 0.500. The molecule has 1 aromatic carbocycles. The maximum Gasteiger partial charge on any atom is 0.410 e. The molecule has 0 saturated carbocycles. The molecule has 11 nitrogen and oxygen atoms in total. The molecular formula is C34H44N6O5. The molecule has 5 rings (SSSR count). The van der Waals surface area contributed by atoms with Crippen LogP contribution in [0.25, 0.3) is 22.5 Å². The lowest BCUT2D eigenvalue weighted by Crippen LogP contribution is -2.45. The van der Waals surface area contributed by atoms with Gasteiger partial charge in [0.05, 0.1) is 29.7 Å². The first-order valence-corrected chi connectivity index (χ1v) is 15.7. The summed E-state index contributed by atoms with van der Waals surface area (Å²) in [5.74, 6) is 0.534. The second-order valence-corrected chi connectivity index (χ2v) is 13.7. The van der Waals surface area contributed by atoms with Crippen molar-refractivity contribution in [2.75, 3.05) is 19.6 Å². The number of carbonyl (C=O) groups excluding carboxylic acids is 3. The molecule has 0 aliphatic carbocycles. The maximum absolute atomic E-state index is 12.9. The average molecular weight is 617 g/mol. The molecular weight excluding hydrogens is 572 g/mol. The van der Waals surface area contributed by atoms with Crippen LogP contribution in [0.3, 0.4) is 0 Å². The van der Waals surface area contributed by atoms with Gasteiger partial charge in [-0.25, -0.2) is 14.6 Å². The van der Waals surface area contributed by atoms with Crippen LogP contribution in [0, 0.1) is 0 Å². The number of nitrogens with zero attached hydrogens (tertiary/aromatic N) is 4. The molecule has 2 aliphatic rings. The van der Waals surface area contributed by atoms with Crippen molar-refractivity contribution in [1.29, 1.82) is 0 Å². The Kier molecular flexibility index (Phi) is 9.18. The molecule has 0 spiro atoms. The number of pyridine rings is 1. The molecule has 3 aromatic rings. The van der Waals surface area contributed by atoms with Gasteiger partial charge in [0.25, 0.3) is 5.91 Å². The van der Waals surface area contributed by atoms with E-state index in [1.165, 1.54) is 0 Å². The fourth-order valence-corrected chi connectivity index (χ4v) is 5.69. The maximum atomic E-state index is 12.9. The summed E-state index contributed by atoms with van der Waals surface area (Å²) >= 11 is 0. The molecule has 11 heteroatoms. The molecule has 2 saturated heterocycles. The number of likely N-dealkylation sites (tertiary alicyclic amines) is 2. The van der Waals surface area contributed by atoms with Crippen LogP contribution in [0.4, 0.5) is 9.59 Å². The molecule has 2 atom stereocenters. The largest absolute Gasteiger partial charge is 0.444 e. The van der Waals surface area contributed by atoms with Crippen LogP contribution in [0.5, 0.6) is 0 Å². The molecule has 2 unspecified atom stereocenters. The van der Waals surface area contributed by atoms with Gasteiger partial charge in [0.15, 0.2) is 0 Å². The van der Waals surface area contributed by atoms with Gasteiger partial charge in [0, 0.05) is 37.0 Å². The third-order valence-electron chi connectivity index (χ3n) is 7.82. The Balaban J connectivity index is 1.17. The van der Waals surface area contributed by atoms with E-state index in [0.29, 0.717) is 25.2 Å². The van der Waals surface area contributed by atoms with Crippen molar-refractivity contribution in [2.24, 2.45) is 0 Å². The number of carbonyl (C=O) groups is 3. The molecule has 0 bridgehead atoms. The van der Waals surface area contributed by atoms with Crippen molar-refractivity contribution in [1.82, 2.24) is 30.1 Å². The van der Waals surface area contributed by atoms with Crippen molar-refractivity contribution in [3.63, 3.8) is 0 Å². The SMILES string of the molecule is CC(C)(C)OC(=O)N1CCCC1CNC(=O)c1ccc(-c2ccc(-c3cnc(C4CCCN4C(=O)OC(C)(C)C)[nH]3)nc2)cc1. The van der Waals surface area contributed by atoms with Gasteiger partial charge >= 0.3 is 12.2 Å². The normalized spacial score (nSPS) is 18.6. The Morgan fingerprint density at radius 3 is 2.09 bits per heavy atom. The molecule has 0 radical (unpaired) electrons.